The van der Waals surface area contributed by atoms with Crippen LogP contribution in [0.5, 0.6) is 0 Å². The first-order valence-corrected chi connectivity index (χ1v) is 18.5. The minimum atomic E-state index is 1.33. The molecular weight excluding hydrogens is 1150 g/mol. The SMILES string of the molecule is Ic1cc2sc3c(c2cc1I)c1sc2cc(I)c(I)cc2c1c1sc2cc(I)c(I)cc2c31. The second kappa shape index (κ2) is 8.72. The first-order valence-electron chi connectivity index (χ1n) is 9.57. The summed E-state index contributed by atoms with van der Waals surface area (Å²) in [5.74, 6) is 0. The topological polar surface area (TPSA) is 0 Å². The first kappa shape index (κ1) is 24.0. The molecule has 0 aliphatic heterocycles. The molecule has 0 saturated carbocycles. The fourth-order valence-electron chi connectivity index (χ4n) is 4.48. The van der Waals surface area contributed by atoms with Crippen molar-refractivity contribution in [3.05, 3.63) is 57.8 Å². The van der Waals surface area contributed by atoms with Gasteiger partial charge in [0, 0.05) is 81.9 Å². The molecule has 4 aromatic carbocycles. The molecule has 0 atom stereocenters. The van der Waals surface area contributed by atoms with Gasteiger partial charge in [-0.3, -0.25) is 0 Å². The molecule has 0 spiro atoms. The molecule has 0 aliphatic carbocycles. The summed E-state index contributed by atoms with van der Waals surface area (Å²) < 4.78 is 16.5. The van der Waals surface area contributed by atoms with Crippen molar-refractivity contribution in [1.82, 2.24) is 0 Å². The summed E-state index contributed by atoms with van der Waals surface area (Å²) in [7, 11) is 0. The van der Waals surface area contributed by atoms with Crippen LogP contribution in [0.4, 0.5) is 0 Å². The Balaban J connectivity index is 1.87. The fourth-order valence-corrected chi connectivity index (χ4v) is 12.0. The summed E-state index contributed by atoms with van der Waals surface area (Å²) in [5.41, 5.74) is 0. The van der Waals surface area contributed by atoms with Gasteiger partial charge in [-0.2, -0.15) is 0 Å². The molecule has 0 amide bonds. The van der Waals surface area contributed by atoms with Gasteiger partial charge in [-0.15, -0.1) is 34.0 Å². The lowest BCUT2D eigenvalue weighted by Gasteiger charge is -2.02. The molecule has 0 nitrogen and oxygen atoms in total. The number of benzene rings is 4. The van der Waals surface area contributed by atoms with E-state index in [-0.39, 0.29) is 0 Å². The van der Waals surface area contributed by atoms with Gasteiger partial charge in [0.25, 0.3) is 0 Å². The second-order valence-corrected chi connectivity index (χ2v) is 17.8. The van der Waals surface area contributed by atoms with E-state index in [0.29, 0.717) is 0 Å². The highest BCUT2D eigenvalue weighted by Gasteiger charge is 2.23. The maximum absolute atomic E-state index is 2.49. The van der Waals surface area contributed by atoms with Gasteiger partial charge in [0.1, 0.15) is 0 Å². The van der Waals surface area contributed by atoms with Crippen LogP contribution in [0.3, 0.4) is 0 Å². The molecule has 33 heavy (non-hydrogen) atoms. The summed E-state index contributed by atoms with van der Waals surface area (Å²) >= 11 is 20.8. The fraction of sp³-hybridized carbons (Fsp3) is 0. The van der Waals surface area contributed by atoms with Crippen LogP contribution in [0.2, 0.25) is 0 Å². The molecule has 0 radical (unpaired) electrons. The van der Waals surface area contributed by atoms with E-state index in [2.05, 4.69) is 172 Å². The maximum Gasteiger partial charge on any atom is 0.0463 e. The van der Waals surface area contributed by atoms with Gasteiger partial charge < -0.3 is 0 Å². The van der Waals surface area contributed by atoms with Crippen LogP contribution >= 0.6 is 170 Å². The van der Waals surface area contributed by atoms with E-state index in [1.807, 2.05) is 34.0 Å². The third kappa shape index (κ3) is 3.60. The van der Waals surface area contributed by atoms with E-state index in [0.717, 1.165) is 0 Å². The van der Waals surface area contributed by atoms with Crippen molar-refractivity contribution in [3.63, 3.8) is 0 Å². The average molecular weight is 1150 g/mol. The van der Waals surface area contributed by atoms with Gasteiger partial charge in [0.15, 0.2) is 0 Å². The third-order valence-corrected chi connectivity index (χ3v) is 17.8. The zero-order valence-corrected chi connectivity index (χ0v) is 31.4. The van der Waals surface area contributed by atoms with Crippen LogP contribution in [-0.2, 0) is 0 Å². The van der Waals surface area contributed by atoms with E-state index in [9.17, 15) is 0 Å². The molecule has 7 aromatic rings. The Kier molecular flexibility index (Phi) is 6.34. The van der Waals surface area contributed by atoms with Gasteiger partial charge in [0.2, 0.25) is 0 Å². The number of halogens is 6. The summed E-state index contributed by atoms with van der Waals surface area (Å²) in [6, 6.07) is 14.3. The molecule has 0 bridgehead atoms. The molecule has 0 unspecified atom stereocenters. The average Bonchev–Trinajstić information content (AvgIpc) is 3.41. The molecule has 0 aliphatic rings. The number of hydrogen-bond acceptors (Lipinski definition) is 3. The number of fused-ring (bicyclic) bond motifs is 12. The molecule has 3 aromatic heterocycles. The monoisotopic (exact) mass is 1150 g/mol. The van der Waals surface area contributed by atoms with Crippen LogP contribution in [0.15, 0.2) is 36.4 Å². The first-order chi connectivity index (χ1) is 15.8. The lowest BCUT2D eigenvalue weighted by atomic mass is 10.0. The molecule has 9 heteroatoms. The Bertz CT molecular complexity index is 1730. The van der Waals surface area contributed by atoms with Crippen LogP contribution < -0.4 is 0 Å². The Morgan fingerprint density at radius 2 is 0.606 bits per heavy atom. The smallest absolute Gasteiger partial charge is 0.0463 e. The van der Waals surface area contributed by atoms with Gasteiger partial charge in [-0.25, -0.2) is 0 Å². The highest BCUT2D eigenvalue weighted by Crippen LogP contribution is 2.54. The molecule has 0 N–H and O–H groups in total. The zero-order chi connectivity index (χ0) is 22.8. The van der Waals surface area contributed by atoms with Crippen LogP contribution in [0.1, 0.15) is 0 Å². The Hall–Kier alpha value is 1.92. The largest absolute Gasteiger partial charge is 0.134 e. The third-order valence-electron chi connectivity index (χ3n) is 5.87. The van der Waals surface area contributed by atoms with Crippen molar-refractivity contribution in [1.29, 1.82) is 0 Å². The van der Waals surface area contributed by atoms with Gasteiger partial charge in [-0.1, -0.05) is 0 Å². The van der Waals surface area contributed by atoms with Gasteiger partial charge in [0.05, 0.1) is 0 Å². The lowest BCUT2D eigenvalue weighted by molar-refractivity contribution is 1.68. The predicted molar refractivity (Wildman–Crippen MR) is 201 cm³/mol. The molecule has 0 fully saturated rings. The van der Waals surface area contributed by atoms with E-state index in [1.54, 1.807) is 0 Å². The van der Waals surface area contributed by atoms with E-state index in [4.69, 9.17) is 0 Å². The Morgan fingerprint density at radius 1 is 0.364 bits per heavy atom. The van der Waals surface area contributed by atoms with Crippen LogP contribution in [0, 0.1) is 21.4 Å². The Morgan fingerprint density at radius 3 is 0.879 bits per heavy atom. The molecule has 162 valence electrons. The standard InChI is InChI=1S/C24H6I6S3/c25-10-1-7-16(4-13(10)28)31-22-19(7)23-21(8-2-11(26)14(29)5-17(8)32-23)24-20(22)9-3-12(27)15(30)6-18(9)33-24/h1-6H. The van der Waals surface area contributed by atoms with Gasteiger partial charge in [-0.05, 0) is 172 Å². The second-order valence-electron chi connectivity index (χ2n) is 7.71. The predicted octanol–water partition coefficient (Wildman–Crippen LogP) is 12.4. The summed E-state index contributed by atoms with van der Waals surface area (Å²) in [5, 5.41) is 8.57. The Labute approximate surface area is 282 Å². The summed E-state index contributed by atoms with van der Waals surface area (Å²) in [6.45, 7) is 0. The highest BCUT2D eigenvalue weighted by atomic mass is 127. The lowest BCUT2D eigenvalue weighted by Crippen LogP contribution is -1.79. The van der Waals surface area contributed by atoms with Gasteiger partial charge >= 0.3 is 0 Å². The number of rotatable bonds is 0. The number of hydrogen-bond donors (Lipinski definition) is 0. The van der Waals surface area contributed by atoms with Crippen molar-refractivity contribution in [3.8, 4) is 0 Å². The van der Waals surface area contributed by atoms with E-state index in [1.165, 1.54) is 81.9 Å². The van der Waals surface area contributed by atoms with Crippen molar-refractivity contribution in [2.75, 3.05) is 0 Å². The quantitative estimate of drug-likeness (QED) is 0.133. The minimum Gasteiger partial charge on any atom is -0.134 e. The van der Waals surface area contributed by atoms with Crippen LogP contribution in [-0.4, -0.2) is 0 Å². The minimum absolute atomic E-state index is 1.33. The number of thiophene rings is 3. The van der Waals surface area contributed by atoms with E-state index < -0.39 is 0 Å². The van der Waals surface area contributed by atoms with E-state index >= 15 is 0 Å². The van der Waals surface area contributed by atoms with Crippen molar-refractivity contribution in [2.45, 2.75) is 0 Å². The molecule has 7 rings (SSSR count). The summed E-state index contributed by atoms with van der Waals surface area (Å²) in [4.78, 5) is 0. The molecule has 0 saturated heterocycles. The molecular formula is C24H6I6S3. The van der Waals surface area contributed by atoms with Crippen molar-refractivity contribution >= 4 is 230 Å². The normalized spacial score (nSPS) is 12.5. The van der Waals surface area contributed by atoms with Crippen LogP contribution in [0.25, 0.3) is 60.5 Å². The zero-order valence-electron chi connectivity index (χ0n) is 16.0. The van der Waals surface area contributed by atoms with Crippen molar-refractivity contribution < 1.29 is 0 Å². The van der Waals surface area contributed by atoms with Crippen molar-refractivity contribution in [2.24, 2.45) is 0 Å². The summed E-state index contributed by atoms with van der Waals surface area (Å²) in [6.07, 6.45) is 0. The highest BCUT2D eigenvalue weighted by molar-refractivity contribution is 14.1. The maximum atomic E-state index is 2.49. The molecule has 3 heterocycles.